The number of aryl methyl sites for hydroxylation is 1. The Morgan fingerprint density at radius 1 is 1.11 bits per heavy atom. The van der Waals surface area contributed by atoms with Crippen molar-refractivity contribution >= 4 is 0 Å². The Kier molecular flexibility index (Phi) is 4.98. The Morgan fingerprint density at radius 2 is 1.94 bits per heavy atom. The van der Waals surface area contributed by atoms with E-state index in [0.717, 1.165) is 13.0 Å². The van der Waals surface area contributed by atoms with Crippen molar-refractivity contribution in [3.8, 4) is 0 Å². The highest BCUT2D eigenvalue weighted by molar-refractivity contribution is 5.17. The second kappa shape index (κ2) is 6.97. The van der Waals surface area contributed by atoms with E-state index in [1.165, 1.54) is 17.5 Å². The molecule has 2 aromatic rings. The summed E-state index contributed by atoms with van der Waals surface area (Å²) in [7, 11) is 0. The molecule has 1 unspecified atom stereocenters. The highest BCUT2D eigenvalue weighted by Gasteiger charge is 2.02. The van der Waals surface area contributed by atoms with Gasteiger partial charge in [0.1, 0.15) is 0 Å². The number of nitrogens with one attached hydrogen (secondary N) is 1. The fourth-order valence-corrected chi connectivity index (χ4v) is 2.05. The van der Waals surface area contributed by atoms with Gasteiger partial charge in [0.05, 0.1) is 0 Å². The molecular formula is C17H20N. The van der Waals surface area contributed by atoms with Crippen LogP contribution in [0.15, 0.2) is 54.6 Å². The van der Waals surface area contributed by atoms with Crippen molar-refractivity contribution in [2.45, 2.75) is 25.8 Å². The van der Waals surface area contributed by atoms with Gasteiger partial charge >= 0.3 is 0 Å². The van der Waals surface area contributed by atoms with Crippen molar-refractivity contribution in [3.05, 3.63) is 71.8 Å². The Balaban J connectivity index is 1.70. The highest BCUT2D eigenvalue weighted by Crippen LogP contribution is 2.10. The normalized spacial score (nSPS) is 12.3. The first-order chi connectivity index (χ1) is 8.86. The van der Waals surface area contributed by atoms with E-state index in [4.69, 9.17) is 0 Å². The van der Waals surface area contributed by atoms with Crippen LogP contribution < -0.4 is 5.32 Å². The maximum Gasteiger partial charge on any atom is 0.0292 e. The van der Waals surface area contributed by atoms with Gasteiger partial charge in [-0.05, 0) is 49.6 Å². The van der Waals surface area contributed by atoms with E-state index in [-0.39, 0.29) is 0 Å². The molecule has 2 rings (SSSR count). The minimum absolute atomic E-state index is 0.401. The number of hydrogen-bond donors (Lipinski definition) is 1. The average Bonchev–Trinajstić information content (AvgIpc) is 2.45. The molecule has 0 saturated heterocycles. The first kappa shape index (κ1) is 12.8. The fraction of sp³-hybridized carbons (Fsp3) is 0.294. The summed E-state index contributed by atoms with van der Waals surface area (Å²) in [6.07, 6.45) is 2.31. The second-order valence-electron chi connectivity index (χ2n) is 4.60. The van der Waals surface area contributed by atoms with Gasteiger partial charge in [-0.1, -0.05) is 48.5 Å². The maximum atomic E-state index is 3.55. The van der Waals surface area contributed by atoms with Gasteiger partial charge in [0, 0.05) is 6.04 Å². The summed E-state index contributed by atoms with van der Waals surface area (Å²) in [6.45, 7) is 3.25. The minimum atomic E-state index is 0.401. The third kappa shape index (κ3) is 4.01. The second-order valence-corrected chi connectivity index (χ2v) is 4.60. The summed E-state index contributed by atoms with van der Waals surface area (Å²) in [5.74, 6) is 0. The fourth-order valence-electron chi connectivity index (χ4n) is 2.05. The van der Waals surface area contributed by atoms with Gasteiger partial charge in [0.15, 0.2) is 0 Å². The SMILES string of the molecule is CC(NCCCc1ccccc1)c1c[c]ccc1. The molecule has 1 radical (unpaired) electrons. The third-order valence-electron chi connectivity index (χ3n) is 3.17. The molecule has 93 valence electrons. The van der Waals surface area contributed by atoms with E-state index in [1.807, 2.05) is 12.1 Å². The zero-order valence-electron chi connectivity index (χ0n) is 10.9. The summed E-state index contributed by atoms with van der Waals surface area (Å²) < 4.78 is 0. The molecule has 1 heteroatoms. The lowest BCUT2D eigenvalue weighted by Crippen LogP contribution is -2.20. The van der Waals surface area contributed by atoms with Crippen molar-refractivity contribution < 1.29 is 0 Å². The van der Waals surface area contributed by atoms with Gasteiger partial charge in [-0.3, -0.25) is 0 Å². The topological polar surface area (TPSA) is 12.0 Å². The Hall–Kier alpha value is -1.60. The molecule has 0 amide bonds. The summed E-state index contributed by atoms with van der Waals surface area (Å²) in [5.41, 5.74) is 2.72. The molecule has 1 nitrogen and oxygen atoms in total. The monoisotopic (exact) mass is 238 g/mol. The van der Waals surface area contributed by atoms with Crippen molar-refractivity contribution in [3.63, 3.8) is 0 Å². The molecule has 0 aliphatic rings. The third-order valence-corrected chi connectivity index (χ3v) is 3.17. The molecule has 0 bridgehead atoms. The minimum Gasteiger partial charge on any atom is -0.310 e. The molecule has 0 spiro atoms. The van der Waals surface area contributed by atoms with Crippen LogP contribution in [0.3, 0.4) is 0 Å². The molecule has 1 N–H and O–H groups in total. The molecule has 0 saturated carbocycles. The predicted octanol–water partition coefficient (Wildman–Crippen LogP) is 3.77. The van der Waals surface area contributed by atoms with Crippen LogP contribution in [0.2, 0.25) is 0 Å². The summed E-state index contributed by atoms with van der Waals surface area (Å²) in [5, 5.41) is 3.55. The van der Waals surface area contributed by atoms with Crippen molar-refractivity contribution in [1.29, 1.82) is 0 Å². The van der Waals surface area contributed by atoms with Crippen LogP contribution in [0, 0.1) is 6.07 Å². The van der Waals surface area contributed by atoms with E-state index in [2.05, 4.69) is 60.8 Å². The van der Waals surface area contributed by atoms with Crippen LogP contribution in [0.25, 0.3) is 0 Å². The number of hydrogen-bond acceptors (Lipinski definition) is 1. The predicted molar refractivity (Wildman–Crippen MR) is 76.5 cm³/mol. The largest absolute Gasteiger partial charge is 0.310 e. The van der Waals surface area contributed by atoms with Gasteiger partial charge in [-0.15, -0.1) is 0 Å². The summed E-state index contributed by atoms with van der Waals surface area (Å²) >= 11 is 0. The van der Waals surface area contributed by atoms with Gasteiger partial charge in [0.25, 0.3) is 0 Å². The maximum absolute atomic E-state index is 3.55. The lowest BCUT2D eigenvalue weighted by molar-refractivity contribution is 0.558. The van der Waals surface area contributed by atoms with Crippen LogP contribution in [-0.2, 0) is 6.42 Å². The molecule has 0 heterocycles. The van der Waals surface area contributed by atoms with Crippen LogP contribution in [0.1, 0.15) is 30.5 Å². The van der Waals surface area contributed by atoms with Crippen LogP contribution in [0.4, 0.5) is 0 Å². The van der Waals surface area contributed by atoms with Crippen molar-refractivity contribution in [1.82, 2.24) is 5.32 Å². The van der Waals surface area contributed by atoms with Gasteiger partial charge in [-0.2, -0.15) is 0 Å². The first-order valence-electron chi connectivity index (χ1n) is 6.59. The Bertz CT molecular complexity index is 436. The first-order valence-corrected chi connectivity index (χ1v) is 6.59. The van der Waals surface area contributed by atoms with Crippen LogP contribution in [0.5, 0.6) is 0 Å². The molecular weight excluding hydrogens is 218 g/mol. The highest BCUT2D eigenvalue weighted by atomic mass is 14.9. The number of rotatable bonds is 6. The summed E-state index contributed by atoms with van der Waals surface area (Å²) in [6, 6.07) is 22.3. The van der Waals surface area contributed by atoms with Gasteiger partial charge in [-0.25, -0.2) is 0 Å². The quantitative estimate of drug-likeness (QED) is 0.755. The molecule has 0 aliphatic carbocycles. The molecule has 0 aromatic heterocycles. The molecule has 1 atom stereocenters. The smallest absolute Gasteiger partial charge is 0.0292 e. The van der Waals surface area contributed by atoms with E-state index >= 15 is 0 Å². The van der Waals surface area contributed by atoms with Gasteiger partial charge in [0.2, 0.25) is 0 Å². The van der Waals surface area contributed by atoms with E-state index in [0.29, 0.717) is 6.04 Å². The lowest BCUT2D eigenvalue weighted by Gasteiger charge is -2.13. The molecule has 0 fully saturated rings. The number of benzene rings is 2. The lowest BCUT2D eigenvalue weighted by atomic mass is 10.1. The van der Waals surface area contributed by atoms with Crippen molar-refractivity contribution in [2.24, 2.45) is 0 Å². The Morgan fingerprint density at radius 3 is 2.67 bits per heavy atom. The van der Waals surface area contributed by atoms with Crippen molar-refractivity contribution in [2.75, 3.05) is 6.54 Å². The van der Waals surface area contributed by atoms with E-state index < -0.39 is 0 Å². The standard InChI is InChI=1S/C17H20N/c1-15(17-12-6-3-7-13-17)18-14-8-11-16-9-4-2-5-10-16/h2-6,9-10,12-13,15,18H,8,11,14H2,1H3. The van der Waals surface area contributed by atoms with Gasteiger partial charge < -0.3 is 5.32 Å². The molecule has 0 aliphatic heterocycles. The average molecular weight is 238 g/mol. The van der Waals surface area contributed by atoms with Crippen LogP contribution in [-0.4, -0.2) is 6.54 Å². The summed E-state index contributed by atoms with van der Waals surface area (Å²) in [4.78, 5) is 0. The Labute approximate surface area is 110 Å². The molecule has 18 heavy (non-hydrogen) atoms. The van der Waals surface area contributed by atoms with E-state index in [9.17, 15) is 0 Å². The zero-order chi connectivity index (χ0) is 12.6. The van der Waals surface area contributed by atoms with Crippen LogP contribution >= 0.6 is 0 Å². The molecule has 2 aromatic carbocycles. The van der Waals surface area contributed by atoms with E-state index in [1.54, 1.807) is 0 Å². The zero-order valence-corrected chi connectivity index (χ0v) is 10.9.